The number of carbonyl (C=O) groups is 8. The third-order valence-corrected chi connectivity index (χ3v) is 25.0. The van der Waals surface area contributed by atoms with Crippen LogP contribution in [0.15, 0.2) is 43.8 Å². The second kappa shape index (κ2) is 69.5. The molecule has 794 valence electrons. The number of Topliss-reactive ketones (excluding diaryl/α,β-unsaturated/α-hetero) is 1. The molecule has 0 bridgehead atoms. The van der Waals surface area contributed by atoms with E-state index in [1.54, 1.807) is 79.1 Å². The van der Waals surface area contributed by atoms with Gasteiger partial charge in [-0.25, -0.2) is 38.2 Å². The van der Waals surface area contributed by atoms with Crippen molar-refractivity contribution in [2.24, 2.45) is 17.7 Å². The Hall–Kier alpha value is -6.53. The van der Waals surface area contributed by atoms with E-state index in [9.17, 15) is 109 Å². The SMILES string of the molecule is CC(=O)c1nn(CC(=O)N2C[C@H](F)C[C@H]2c2nnc(CCCC(F)(F)F)o2)c2ccc(-c3cnc(C)nc3)cc12.CC(C)(C)OC(=O)C1C[C@H](F)C[C@H]1C(=O)NNC(=O)CCCC(F)(F)F.CC(C)(C)OC(=O)N1C[C@H](F)C[C@H]1c1nnc(CCCC(F)(F)F)o1.CCCCC(=O)NN.CCCCC(=O)O.Cl.F[C@H]1CN[C@H](c2nnc(CCCC(F)(F)F)o2)C1.S.S=S.S=S=S.S=S=S=S.S=S=S=S=S. The minimum Gasteiger partial charge on any atom is -0.481 e. The van der Waals surface area contributed by atoms with Crippen molar-refractivity contribution in [1.29, 1.82) is 0 Å². The van der Waals surface area contributed by atoms with E-state index in [1.807, 2.05) is 24.7 Å². The molecule has 5 aromatic heterocycles. The maximum Gasteiger partial charge on any atom is 0.411 e. The number of nitrogens with one attached hydrogen (secondary N) is 4. The Morgan fingerprint density at radius 3 is 1.40 bits per heavy atom. The summed E-state index contributed by atoms with van der Waals surface area (Å²) in [4.78, 5) is 105. The number of aromatic nitrogens is 10. The summed E-state index contributed by atoms with van der Waals surface area (Å²) in [6.07, 6.45) is -20.3. The molecular weight excluding hydrogens is 2210 g/mol. The topological polar surface area (TPSA) is 416 Å². The lowest BCUT2D eigenvalue weighted by molar-refractivity contribution is -0.163. The molecule has 31 nitrogen and oxygen atoms in total. The summed E-state index contributed by atoms with van der Waals surface area (Å²) >= 11 is 33.1. The van der Waals surface area contributed by atoms with Crippen LogP contribution < -0.4 is 27.4 Å². The lowest BCUT2D eigenvalue weighted by Crippen LogP contribution is -2.46. The third kappa shape index (κ3) is 58.0. The van der Waals surface area contributed by atoms with Crippen molar-refractivity contribution in [2.75, 3.05) is 19.6 Å². The number of aryl methyl sites for hydroxylation is 4. The highest BCUT2D eigenvalue weighted by Crippen LogP contribution is 2.39. The van der Waals surface area contributed by atoms with Crippen molar-refractivity contribution >= 4 is 227 Å². The number of ketones is 1. The maximum absolute atomic E-state index is 14.5. The molecular formula is C77H108ClF16N17O14S15. The third-order valence-electron chi connectivity index (χ3n) is 18.4. The number of unbranched alkanes of at least 4 members (excludes halogenated alkanes) is 2. The Balaban J connectivity index is 0. The molecule has 1 unspecified atom stereocenters. The number of hydrogen-bond acceptors (Lipinski definition) is 32. The van der Waals surface area contributed by atoms with Gasteiger partial charge in [-0.3, -0.25) is 59.4 Å². The second-order valence-electron chi connectivity index (χ2n) is 31.9. The zero-order valence-electron chi connectivity index (χ0n) is 76.5. The highest BCUT2D eigenvalue weighted by Gasteiger charge is 2.47. The van der Waals surface area contributed by atoms with E-state index in [4.69, 9.17) is 33.7 Å². The Kier molecular flexibility index (Phi) is 67.3. The highest BCUT2D eigenvalue weighted by atomic mass is 35.5. The largest absolute Gasteiger partial charge is 0.481 e. The van der Waals surface area contributed by atoms with Crippen molar-refractivity contribution in [1.82, 2.24) is 81.7 Å². The minimum absolute atomic E-state index is 0. The van der Waals surface area contributed by atoms with E-state index in [1.165, 1.54) is 65.8 Å². The molecule has 7 N–H and O–H groups in total. The molecule has 10 rings (SSSR count). The van der Waals surface area contributed by atoms with Gasteiger partial charge < -0.3 is 38.0 Å². The first-order chi connectivity index (χ1) is 64.5. The van der Waals surface area contributed by atoms with Gasteiger partial charge >= 0.3 is 42.7 Å². The Morgan fingerprint density at radius 2 is 0.993 bits per heavy atom. The minimum atomic E-state index is -4.36. The van der Waals surface area contributed by atoms with Crippen molar-refractivity contribution in [3.8, 4) is 11.1 Å². The van der Waals surface area contributed by atoms with Gasteiger partial charge in [0.1, 0.15) is 66.0 Å². The van der Waals surface area contributed by atoms with Gasteiger partial charge in [0, 0.05) is 263 Å². The van der Waals surface area contributed by atoms with Crippen LogP contribution in [0, 0.1) is 18.8 Å². The number of carboxylic acids is 1. The number of carbonyl (C=O) groups excluding carboxylic acids is 7. The molecule has 1 saturated carbocycles. The number of benzene rings is 1. The van der Waals surface area contributed by atoms with E-state index in [2.05, 4.69) is 146 Å². The number of ether oxygens (including phenoxy) is 2. The molecule has 3 saturated heterocycles. The van der Waals surface area contributed by atoms with Gasteiger partial charge in [0.25, 0.3) is 0 Å². The summed E-state index contributed by atoms with van der Waals surface area (Å²) in [6.45, 7) is 16.7. The second-order valence-corrected chi connectivity index (χ2v) is 42.5. The zero-order chi connectivity index (χ0) is 105. The summed E-state index contributed by atoms with van der Waals surface area (Å²) in [6, 6.07) is 3.34. The van der Waals surface area contributed by atoms with E-state index in [-0.39, 0.29) is 181 Å². The molecule has 6 aromatic rings. The number of alkyl halides is 16. The summed E-state index contributed by atoms with van der Waals surface area (Å²) in [5.41, 5.74) is 6.79. The van der Waals surface area contributed by atoms with Gasteiger partial charge in [0.15, 0.2) is 5.78 Å². The molecule has 4 aliphatic rings. The number of esters is 1. The number of hydrazine groups is 2. The van der Waals surface area contributed by atoms with Crippen molar-refractivity contribution in [3.63, 3.8) is 0 Å². The van der Waals surface area contributed by atoms with E-state index in [0.29, 0.717) is 29.6 Å². The lowest BCUT2D eigenvalue weighted by atomic mass is 9.95. The van der Waals surface area contributed by atoms with Crippen molar-refractivity contribution < 1.29 is 136 Å². The average molecular weight is 2320 g/mol. The lowest BCUT2D eigenvalue weighted by Gasteiger charge is -2.26. The first kappa shape index (κ1) is 136. The summed E-state index contributed by atoms with van der Waals surface area (Å²) < 4.78 is 228. The molecule has 4 fully saturated rings. The molecule has 63 heteroatoms. The van der Waals surface area contributed by atoms with E-state index >= 15 is 0 Å². The number of nitrogens with zero attached hydrogens (tertiary/aromatic N) is 12. The van der Waals surface area contributed by atoms with E-state index < -0.39 is 159 Å². The number of carboxylic acid groups (broad SMARTS) is 1. The van der Waals surface area contributed by atoms with E-state index in [0.717, 1.165) is 45.7 Å². The molecule has 9 atom stereocenters. The van der Waals surface area contributed by atoms with Crippen LogP contribution in [0.5, 0.6) is 0 Å². The first-order valence-corrected chi connectivity index (χ1v) is 54.9. The number of halogens is 17. The number of hydrogen-bond donors (Lipinski definition) is 6. The van der Waals surface area contributed by atoms with Crippen LogP contribution in [0.4, 0.5) is 75.0 Å². The Morgan fingerprint density at radius 1 is 0.557 bits per heavy atom. The number of amides is 5. The molecule has 8 heterocycles. The molecule has 0 radical (unpaired) electrons. The van der Waals surface area contributed by atoms with Crippen LogP contribution in [-0.4, -0.2) is 193 Å². The normalized spacial score (nSPS) is 17.8. The summed E-state index contributed by atoms with van der Waals surface area (Å²) in [7, 11) is 7.21. The van der Waals surface area contributed by atoms with Crippen LogP contribution in [-0.2, 0) is 207 Å². The summed E-state index contributed by atoms with van der Waals surface area (Å²) in [5, 5.41) is 38.3. The molecule has 5 amide bonds. The monoisotopic (exact) mass is 2310 g/mol. The number of rotatable bonds is 27. The molecule has 1 aromatic carbocycles. The number of aliphatic carboxylic acids is 1. The standard InChI is InChI=1S/C26H25F4N7O3.C16H24F4N2O4.C15H21F4N3O3.C10H13F4N3O.C5H12N2O.C5H10O2.ClH.S5.S4.S3.S2.H2S/c1-14(38)24-19-8-16(17-10-31-15(2)32-11-17)5-6-20(19)37(35-24)13-23(39)36-12-18(27)9-21(36)25-34-33-22(40-25)4-3-7-26(28,29)30;1-15(2,3)26-14(25)11-8-9(17)7-10(11)13(24)22-21-12(23)5-4-6-16(18,19)20;1-14(2,3)25-13(23)22-8-9(16)7-10(22)12-21-20-11(24-12)5-4-6-15(17,18)19;11-6-4-7(15-5-6)9-17-16-8(18-9)2-1-3-10(12,13)14;1-2-3-4-5(8)7-6;1-2-3-4-5(6)7;;1-3-5-4-2;1-3-4-2;1-3-2;1-2;/h5-6,8,10-11,18,21H,3-4,7,9,12-13H2,1-2H3;9-11H,4-8H2,1-3H3,(H,21,23)(H,22,24);9-10H,4-8H2,1-3H3;6-7,15H,1-5H2;2-4,6H2,1H3,(H,7,8);2-4H2,1H3,(H,6,7);1H;;;;;1H2/t18-,21+;9-,10-,11?;9-,10+;6-,7+;;;;;;;;/m1111......../s1. The fourth-order valence-electron chi connectivity index (χ4n) is 12.4. The smallest absolute Gasteiger partial charge is 0.411 e. The predicted octanol–water partition coefficient (Wildman–Crippen LogP) is 15.4. The zero-order valence-corrected chi connectivity index (χ0v) is 89.8. The van der Waals surface area contributed by atoms with Crippen LogP contribution in [0.25, 0.3) is 22.0 Å². The van der Waals surface area contributed by atoms with Crippen LogP contribution >= 0.6 is 25.9 Å². The predicted molar refractivity (Wildman–Crippen MR) is 528 cm³/mol. The fourth-order valence-corrected chi connectivity index (χ4v) is 15.2. The van der Waals surface area contributed by atoms with Crippen LogP contribution in [0.1, 0.15) is 261 Å². The fraction of sp³-hybridized carbons (Fsp3) is 0.675. The Labute approximate surface area is 866 Å². The number of likely N-dealkylation sites (tertiary alicyclic amines) is 2. The van der Waals surface area contributed by atoms with Crippen LogP contribution in [0.3, 0.4) is 0 Å². The van der Waals surface area contributed by atoms with Crippen molar-refractivity contribution in [2.45, 2.75) is 302 Å². The number of nitrogens with two attached hydrogens (primary N) is 1. The van der Waals surface area contributed by atoms with Gasteiger partial charge in [-0.2, -0.15) is 71.3 Å². The quantitative estimate of drug-likeness (QED) is 0.00696. The van der Waals surface area contributed by atoms with Gasteiger partial charge in [-0.15, -0.1) is 43.0 Å². The maximum atomic E-state index is 14.5. The molecule has 0 spiro atoms. The average Bonchev–Trinajstić information content (AvgIpc) is 1.61. The van der Waals surface area contributed by atoms with Crippen LogP contribution in [0.2, 0.25) is 0 Å². The molecule has 1 aliphatic carbocycles. The van der Waals surface area contributed by atoms with Crippen molar-refractivity contribution in [3.05, 3.63) is 77.5 Å². The van der Waals surface area contributed by atoms with Gasteiger partial charge in [0.2, 0.25) is 59.0 Å². The first-order valence-electron chi connectivity index (χ1n) is 41.6. The molecule has 3 aliphatic heterocycles. The Bertz CT molecular complexity index is 5040. The summed E-state index contributed by atoms with van der Waals surface area (Å²) in [5.74, 6) is 0.0269. The highest BCUT2D eigenvalue weighted by molar-refractivity contribution is 8.59. The van der Waals surface area contributed by atoms with Gasteiger partial charge in [0.05, 0.1) is 36.5 Å². The molecule has 140 heavy (non-hydrogen) atoms. The van der Waals surface area contributed by atoms with Gasteiger partial charge in [-0.05, 0) is 118 Å². The van der Waals surface area contributed by atoms with Gasteiger partial charge in [-0.1, -0.05) is 32.8 Å². The number of fused-ring (bicyclic) bond motifs is 1.